The topological polar surface area (TPSA) is 93.8 Å². The van der Waals surface area contributed by atoms with Gasteiger partial charge >= 0.3 is 6.09 Å². The van der Waals surface area contributed by atoms with Crippen LogP contribution in [0.1, 0.15) is 12.8 Å². The van der Waals surface area contributed by atoms with Crippen LogP contribution in [-0.4, -0.2) is 37.4 Å². The van der Waals surface area contributed by atoms with Gasteiger partial charge in [0.1, 0.15) is 12.3 Å². The molecule has 0 radical (unpaired) electrons. The van der Waals surface area contributed by atoms with Crippen LogP contribution in [0.25, 0.3) is 0 Å². The van der Waals surface area contributed by atoms with Crippen molar-refractivity contribution in [3.63, 3.8) is 0 Å². The van der Waals surface area contributed by atoms with Crippen molar-refractivity contribution in [2.24, 2.45) is 11.7 Å². The number of aliphatic hydroxyl groups excluding tert-OH is 1. The summed E-state index contributed by atoms with van der Waals surface area (Å²) in [5.41, 5.74) is 4.89. The average molecular weight is 204 g/mol. The molecule has 0 aromatic rings. The molecule has 1 amide bonds. The summed E-state index contributed by atoms with van der Waals surface area (Å²) in [7, 11) is 1.50. The smallest absolute Gasteiger partial charge is 0.404 e. The molecule has 1 saturated carbocycles. The molecule has 0 aromatic carbocycles. The zero-order valence-electron chi connectivity index (χ0n) is 8.10. The summed E-state index contributed by atoms with van der Waals surface area (Å²) in [6.07, 6.45) is -0.453. The molecule has 0 spiro atoms. The van der Waals surface area contributed by atoms with Crippen molar-refractivity contribution in [2.75, 3.05) is 13.8 Å². The van der Waals surface area contributed by atoms with E-state index in [9.17, 15) is 9.90 Å². The Hall–Kier alpha value is -0.850. The Bertz CT molecular complexity index is 196. The van der Waals surface area contributed by atoms with Gasteiger partial charge in [-0.1, -0.05) is 0 Å². The maximum atomic E-state index is 10.6. The third kappa shape index (κ3) is 3.49. The first-order valence-electron chi connectivity index (χ1n) is 4.51. The molecule has 1 aliphatic carbocycles. The van der Waals surface area contributed by atoms with Crippen LogP contribution in [0.3, 0.4) is 0 Å². The summed E-state index contributed by atoms with van der Waals surface area (Å²) in [5, 5.41) is 12.2. The molecule has 0 aromatic heterocycles. The minimum Gasteiger partial charge on any atom is -0.442 e. The van der Waals surface area contributed by atoms with Crippen LogP contribution < -0.4 is 11.1 Å². The molecule has 0 aliphatic heterocycles. The average Bonchev–Trinajstić information content (AvgIpc) is 2.93. The molecule has 1 fully saturated rings. The second-order valence-corrected chi connectivity index (χ2v) is 3.32. The van der Waals surface area contributed by atoms with Gasteiger partial charge in [-0.2, -0.15) is 0 Å². The highest BCUT2D eigenvalue weighted by molar-refractivity contribution is 5.64. The van der Waals surface area contributed by atoms with E-state index in [1.165, 1.54) is 7.11 Å². The fourth-order valence-electron chi connectivity index (χ4n) is 1.26. The van der Waals surface area contributed by atoms with Crippen molar-refractivity contribution in [1.29, 1.82) is 0 Å². The Morgan fingerprint density at radius 3 is 2.79 bits per heavy atom. The van der Waals surface area contributed by atoms with Gasteiger partial charge in [-0.15, -0.1) is 0 Å². The summed E-state index contributed by atoms with van der Waals surface area (Å²) >= 11 is 0. The first kappa shape index (κ1) is 11.2. The quantitative estimate of drug-likeness (QED) is 0.501. The number of ether oxygens (including phenoxy) is 2. The van der Waals surface area contributed by atoms with Crippen LogP contribution in [0.2, 0.25) is 0 Å². The van der Waals surface area contributed by atoms with Gasteiger partial charge in [-0.3, -0.25) is 5.32 Å². The predicted molar refractivity (Wildman–Crippen MR) is 48.2 cm³/mol. The van der Waals surface area contributed by atoms with Gasteiger partial charge in [0, 0.05) is 13.0 Å². The molecule has 2 atom stereocenters. The van der Waals surface area contributed by atoms with E-state index in [1.54, 1.807) is 0 Å². The summed E-state index contributed by atoms with van der Waals surface area (Å²) in [5.74, 6) is 0.210. The van der Waals surface area contributed by atoms with Crippen LogP contribution in [-0.2, 0) is 9.47 Å². The molecule has 6 heteroatoms. The lowest BCUT2D eigenvalue weighted by molar-refractivity contribution is -0.0373. The SMILES string of the molecule is COCN[C@H](O)[C@H](OC(N)=O)C1CC1. The lowest BCUT2D eigenvalue weighted by Crippen LogP contribution is -2.45. The van der Waals surface area contributed by atoms with Crippen molar-refractivity contribution in [3.8, 4) is 0 Å². The van der Waals surface area contributed by atoms with Crippen molar-refractivity contribution in [1.82, 2.24) is 5.32 Å². The van der Waals surface area contributed by atoms with Gasteiger partial charge in [0.2, 0.25) is 0 Å². The second-order valence-electron chi connectivity index (χ2n) is 3.32. The number of aliphatic hydroxyl groups is 1. The molecule has 4 N–H and O–H groups in total. The van der Waals surface area contributed by atoms with Crippen LogP contribution in [0, 0.1) is 5.92 Å². The first-order valence-corrected chi connectivity index (χ1v) is 4.51. The molecule has 0 heterocycles. The number of amides is 1. The van der Waals surface area contributed by atoms with Crippen LogP contribution in [0.5, 0.6) is 0 Å². The monoisotopic (exact) mass is 204 g/mol. The molecule has 0 bridgehead atoms. The highest BCUT2D eigenvalue weighted by atomic mass is 16.6. The van der Waals surface area contributed by atoms with Crippen LogP contribution in [0.15, 0.2) is 0 Å². The summed E-state index contributed by atoms with van der Waals surface area (Å²) in [4.78, 5) is 10.6. The molecular weight excluding hydrogens is 188 g/mol. The van der Waals surface area contributed by atoms with E-state index in [1.807, 2.05) is 0 Å². The highest BCUT2D eigenvalue weighted by Crippen LogP contribution is 2.35. The Labute approximate surface area is 82.4 Å². The molecule has 0 saturated heterocycles. The Morgan fingerprint density at radius 2 is 2.36 bits per heavy atom. The van der Waals surface area contributed by atoms with Gasteiger partial charge in [0.15, 0.2) is 0 Å². The Kier molecular flexibility index (Phi) is 4.12. The number of carbonyl (C=O) groups is 1. The van der Waals surface area contributed by atoms with Crippen LogP contribution >= 0.6 is 0 Å². The van der Waals surface area contributed by atoms with Crippen LogP contribution in [0.4, 0.5) is 4.79 Å². The summed E-state index contributed by atoms with van der Waals surface area (Å²) in [6, 6.07) is 0. The summed E-state index contributed by atoms with van der Waals surface area (Å²) < 4.78 is 9.53. The van der Waals surface area contributed by atoms with Crippen molar-refractivity contribution in [2.45, 2.75) is 25.2 Å². The van der Waals surface area contributed by atoms with Crippen molar-refractivity contribution in [3.05, 3.63) is 0 Å². The number of hydrogen-bond donors (Lipinski definition) is 3. The maximum absolute atomic E-state index is 10.6. The zero-order chi connectivity index (χ0) is 10.6. The molecule has 14 heavy (non-hydrogen) atoms. The molecule has 1 rings (SSSR count). The zero-order valence-corrected chi connectivity index (χ0v) is 8.10. The van der Waals surface area contributed by atoms with Gasteiger partial charge in [0.25, 0.3) is 0 Å². The minimum absolute atomic E-state index is 0.201. The standard InChI is InChI=1S/C8H16N2O4/c1-13-4-10-7(11)6(5-2-3-5)14-8(9)12/h5-7,10-11H,2-4H2,1H3,(H2,9,12)/t6-,7-/m1/s1. The molecule has 0 unspecified atom stereocenters. The highest BCUT2D eigenvalue weighted by Gasteiger charge is 2.38. The number of carbonyl (C=O) groups excluding carboxylic acids is 1. The maximum Gasteiger partial charge on any atom is 0.404 e. The van der Waals surface area contributed by atoms with E-state index >= 15 is 0 Å². The second kappa shape index (κ2) is 5.14. The number of nitrogens with two attached hydrogens (primary N) is 1. The lowest BCUT2D eigenvalue weighted by Gasteiger charge is -2.22. The number of primary amides is 1. The molecular formula is C8H16N2O4. The van der Waals surface area contributed by atoms with E-state index in [-0.39, 0.29) is 12.6 Å². The Morgan fingerprint density at radius 1 is 1.71 bits per heavy atom. The van der Waals surface area contributed by atoms with Gasteiger partial charge in [-0.05, 0) is 12.8 Å². The largest absolute Gasteiger partial charge is 0.442 e. The van der Waals surface area contributed by atoms with E-state index < -0.39 is 18.4 Å². The normalized spacial score (nSPS) is 20.1. The third-order valence-corrected chi connectivity index (χ3v) is 2.09. The van der Waals surface area contributed by atoms with E-state index in [2.05, 4.69) is 5.32 Å². The number of nitrogens with one attached hydrogen (secondary N) is 1. The fourth-order valence-corrected chi connectivity index (χ4v) is 1.26. The third-order valence-electron chi connectivity index (χ3n) is 2.09. The fraction of sp³-hybridized carbons (Fsp3) is 0.875. The molecule has 82 valence electrons. The predicted octanol–water partition coefficient (Wildman–Crippen LogP) is -0.628. The van der Waals surface area contributed by atoms with Gasteiger partial charge in [-0.25, -0.2) is 4.79 Å². The number of hydrogen-bond acceptors (Lipinski definition) is 5. The van der Waals surface area contributed by atoms with Crippen molar-refractivity contribution >= 4 is 6.09 Å². The lowest BCUT2D eigenvalue weighted by atomic mass is 10.2. The van der Waals surface area contributed by atoms with E-state index in [4.69, 9.17) is 15.2 Å². The number of methoxy groups -OCH3 is 1. The number of rotatable bonds is 6. The molecule has 6 nitrogen and oxygen atoms in total. The van der Waals surface area contributed by atoms with E-state index in [0.29, 0.717) is 0 Å². The van der Waals surface area contributed by atoms with Gasteiger partial charge in [0.05, 0.1) is 6.73 Å². The van der Waals surface area contributed by atoms with Gasteiger partial charge < -0.3 is 20.3 Å². The first-order chi connectivity index (χ1) is 6.65. The Balaban J connectivity index is 2.36. The summed E-state index contributed by atoms with van der Waals surface area (Å²) in [6.45, 7) is 0.201. The minimum atomic E-state index is -0.921. The van der Waals surface area contributed by atoms with E-state index in [0.717, 1.165) is 12.8 Å². The van der Waals surface area contributed by atoms with Crippen molar-refractivity contribution < 1.29 is 19.4 Å². The molecule has 1 aliphatic rings.